The third-order valence-electron chi connectivity index (χ3n) is 7.96. The summed E-state index contributed by atoms with van der Waals surface area (Å²) in [5.41, 5.74) is 5.86. The Morgan fingerprint density at radius 1 is 1.00 bits per heavy atom. The first-order valence-electron chi connectivity index (χ1n) is 14.1. The van der Waals surface area contributed by atoms with E-state index in [-0.39, 0.29) is 11.7 Å². The van der Waals surface area contributed by atoms with Crippen molar-refractivity contribution in [3.8, 4) is 0 Å². The van der Waals surface area contributed by atoms with Crippen molar-refractivity contribution < 1.29 is 9.18 Å². The molecule has 0 N–H and O–H groups in total. The Kier molecular flexibility index (Phi) is 9.75. The normalized spacial score (nSPS) is 14.8. The Morgan fingerprint density at radius 2 is 1.76 bits per heavy atom. The lowest BCUT2D eigenvalue weighted by Crippen LogP contribution is -2.48. The molecule has 1 aliphatic heterocycles. The van der Waals surface area contributed by atoms with Gasteiger partial charge < -0.3 is 14.4 Å². The minimum atomic E-state index is -0.183. The van der Waals surface area contributed by atoms with Crippen LogP contribution in [0.4, 0.5) is 4.39 Å². The van der Waals surface area contributed by atoms with Gasteiger partial charge in [0.15, 0.2) is 0 Å². The Bertz CT molecular complexity index is 1250. The van der Waals surface area contributed by atoms with E-state index in [0.29, 0.717) is 0 Å². The number of fused-ring (bicyclic) bond motifs is 1. The SMILES string of the molecule is CCN(CC)CCCn1c(C)c(/C=C/C(=O)N2CCN(CCc3cccc(F)c3)CC2)c2cc(C)ccc21. The lowest BCUT2D eigenvalue weighted by atomic mass is 10.1. The van der Waals surface area contributed by atoms with E-state index in [2.05, 4.69) is 60.3 Å². The van der Waals surface area contributed by atoms with Crippen LogP contribution in [-0.4, -0.2) is 77.5 Å². The third-order valence-corrected chi connectivity index (χ3v) is 7.96. The van der Waals surface area contributed by atoms with Gasteiger partial charge in [0.1, 0.15) is 5.82 Å². The number of halogens is 1. The number of aromatic nitrogens is 1. The van der Waals surface area contributed by atoms with Crippen LogP contribution in [0.1, 0.15) is 42.7 Å². The number of nitrogens with zero attached hydrogens (tertiary/aromatic N) is 4. The highest BCUT2D eigenvalue weighted by atomic mass is 19.1. The molecule has 1 saturated heterocycles. The fraction of sp³-hybridized carbons (Fsp3) is 0.469. The van der Waals surface area contributed by atoms with Gasteiger partial charge >= 0.3 is 0 Å². The molecule has 0 bridgehead atoms. The number of carbonyl (C=O) groups is 1. The third kappa shape index (κ3) is 6.91. The maximum absolute atomic E-state index is 13.4. The molecule has 3 aromatic rings. The first-order chi connectivity index (χ1) is 18.4. The molecule has 0 spiro atoms. The fourth-order valence-electron chi connectivity index (χ4n) is 5.54. The summed E-state index contributed by atoms with van der Waals surface area (Å²) in [6.45, 7) is 17.0. The first kappa shape index (κ1) is 28.1. The number of amides is 1. The topological polar surface area (TPSA) is 31.7 Å². The smallest absolute Gasteiger partial charge is 0.246 e. The monoisotopic (exact) mass is 518 g/mol. The van der Waals surface area contributed by atoms with Gasteiger partial charge in [-0.15, -0.1) is 0 Å². The number of piperazine rings is 1. The molecule has 1 amide bonds. The van der Waals surface area contributed by atoms with E-state index in [1.807, 2.05) is 17.0 Å². The molecule has 0 unspecified atom stereocenters. The van der Waals surface area contributed by atoms with Crippen molar-refractivity contribution in [2.75, 3.05) is 52.4 Å². The summed E-state index contributed by atoms with van der Waals surface area (Å²) in [6.07, 6.45) is 5.71. The van der Waals surface area contributed by atoms with E-state index in [9.17, 15) is 9.18 Å². The van der Waals surface area contributed by atoms with Crippen molar-refractivity contribution in [2.45, 2.75) is 47.1 Å². The fourth-order valence-corrected chi connectivity index (χ4v) is 5.54. The standard InChI is InChI=1S/C32H43FN4O/c1-5-34(6-2)16-8-17-37-26(4)29(30-23-25(3)11-13-31(30)37)12-14-32(38)36-21-19-35(20-22-36)18-15-27-9-7-10-28(33)24-27/h7,9-14,23-24H,5-6,8,15-22H2,1-4H3/b14-12+. The van der Waals surface area contributed by atoms with Crippen LogP contribution in [0.2, 0.25) is 0 Å². The van der Waals surface area contributed by atoms with Crippen LogP contribution in [0.3, 0.4) is 0 Å². The van der Waals surface area contributed by atoms with Gasteiger partial charge in [-0.25, -0.2) is 4.39 Å². The zero-order valence-electron chi connectivity index (χ0n) is 23.5. The van der Waals surface area contributed by atoms with E-state index in [1.54, 1.807) is 18.2 Å². The maximum atomic E-state index is 13.4. The Morgan fingerprint density at radius 3 is 2.47 bits per heavy atom. The largest absolute Gasteiger partial charge is 0.344 e. The maximum Gasteiger partial charge on any atom is 0.246 e. The minimum absolute atomic E-state index is 0.0734. The Hall–Kier alpha value is -2.96. The number of carbonyl (C=O) groups excluding carboxylic acids is 1. The molecule has 1 aliphatic rings. The lowest BCUT2D eigenvalue weighted by molar-refractivity contribution is -0.127. The quantitative estimate of drug-likeness (QED) is 0.313. The first-order valence-corrected chi connectivity index (χ1v) is 14.1. The van der Waals surface area contributed by atoms with Crippen LogP contribution in [0, 0.1) is 19.7 Å². The van der Waals surface area contributed by atoms with Crippen LogP contribution in [0.15, 0.2) is 48.5 Å². The van der Waals surface area contributed by atoms with Gasteiger partial charge in [-0.1, -0.05) is 37.6 Å². The molecule has 0 saturated carbocycles. The molecular weight excluding hydrogens is 475 g/mol. The van der Waals surface area contributed by atoms with Gasteiger partial charge in [0.25, 0.3) is 0 Å². The highest BCUT2D eigenvalue weighted by molar-refractivity contribution is 5.97. The van der Waals surface area contributed by atoms with Gasteiger partial charge in [0.05, 0.1) is 0 Å². The summed E-state index contributed by atoms with van der Waals surface area (Å²) in [4.78, 5) is 19.9. The van der Waals surface area contributed by atoms with Crippen molar-refractivity contribution >= 4 is 22.9 Å². The van der Waals surface area contributed by atoms with Crippen molar-refractivity contribution in [3.63, 3.8) is 0 Å². The Balaban J connectivity index is 1.38. The van der Waals surface area contributed by atoms with Gasteiger partial charge in [-0.2, -0.15) is 0 Å². The van der Waals surface area contributed by atoms with Crippen molar-refractivity contribution in [1.29, 1.82) is 0 Å². The molecule has 38 heavy (non-hydrogen) atoms. The van der Waals surface area contributed by atoms with Crippen LogP contribution in [0.25, 0.3) is 17.0 Å². The number of rotatable bonds is 11. The summed E-state index contributed by atoms with van der Waals surface area (Å²) >= 11 is 0. The summed E-state index contributed by atoms with van der Waals surface area (Å²) in [6, 6.07) is 13.5. The van der Waals surface area contributed by atoms with Gasteiger partial charge in [0, 0.05) is 67.5 Å². The molecule has 1 fully saturated rings. The molecule has 2 heterocycles. The lowest BCUT2D eigenvalue weighted by Gasteiger charge is -2.34. The van der Waals surface area contributed by atoms with Gasteiger partial charge in [0.2, 0.25) is 5.91 Å². The van der Waals surface area contributed by atoms with Crippen molar-refractivity contribution in [3.05, 3.63) is 76.7 Å². The summed E-state index contributed by atoms with van der Waals surface area (Å²) in [7, 11) is 0. The van der Waals surface area contributed by atoms with Gasteiger partial charge in [-0.05, 0) is 82.2 Å². The van der Waals surface area contributed by atoms with Gasteiger partial charge in [-0.3, -0.25) is 9.69 Å². The number of benzene rings is 2. The van der Waals surface area contributed by atoms with Crippen molar-refractivity contribution in [2.24, 2.45) is 0 Å². The van der Waals surface area contributed by atoms with E-state index >= 15 is 0 Å². The molecular formula is C32H43FN4O. The molecule has 4 rings (SSSR count). The van der Waals surface area contributed by atoms with Crippen LogP contribution in [0.5, 0.6) is 0 Å². The second-order valence-corrected chi connectivity index (χ2v) is 10.4. The van der Waals surface area contributed by atoms with E-state index < -0.39 is 0 Å². The molecule has 0 aliphatic carbocycles. The van der Waals surface area contributed by atoms with Crippen molar-refractivity contribution in [1.82, 2.24) is 19.3 Å². The summed E-state index contributed by atoms with van der Waals surface area (Å²) in [5, 5.41) is 1.22. The zero-order valence-corrected chi connectivity index (χ0v) is 23.5. The summed E-state index contributed by atoms with van der Waals surface area (Å²) in [5.74, 6) is -0.109. The molecule has 2 aromatic carbocycles. The second-order valence-electron chi connectivity index (χ2n) is 10.4. The predicted molar refractivity (Wildman–Crippen MR) is 156 cm³/mol. The molecule has 204 valence electrons. The highest BCUT2D eigenvalue weighted by Gasteiger charge is 2.20. The Labute approximate surface area is 227 Å². The number of aryl methyl sites for hydroxylation is 2. The second kappa shape index (κ2) is 13.2. The molecule has 0 atom stereocenters. The molecule has 6 heteroatoms. The average molecular weight is 519 g/mol. The predicted octanol–water partition coefficient (Wildman–Crippen LogP) is 5.53. The van der Waals surface area contributed by atoms with Crippen LogP contribution < -0.4 is 0 Å². The number of hydrogen-bond donors (Lipinski definition) is 0. The molecule has 1 aromatic heterocycles. The molecule has 5 nitrogen and oxygen atoms in total. The average Bonchev–Trinajstić information content (AvgIpc) is 3.18. The molecule has 0 radical (unpaired) electrons. The van der Waals surface area contributed by atoms with E-state index in [0.717, 1.165) is 82.9 Å². The van der Waals surface area contributed by atoms with E-state index in [1.165, 1.54) is 28.2 Å². The summed E-state index contributed by atoms with van der Waals surface area (Å²) < 4.78 is 15.9. The van der Waals surface area contributed by atoms with Crippen LogP contribution >= 0.6 is 0 Å². The zero-order chi connectivity index (χ0) is 27.1. The van der Waals surface area contributed by atoms with Crippen LogP contribution in [-0.2, 0) is 17.8 Å². The minimum Gasteiger partial charge on any atom is -0.344 e. The van der Waals surface area contributed by atoms with E-state index in [4.69, 9.17) is 0 Å². The highest BCUT2D eigenvalue weighted by Crippen LogP contribution is 2.28. The number of hydrogen-bond acceptors (Lipinski definition) is 3.